The Hall–Kier alpha value is -3.50. The number of nitrogens with two attached hydrogens (primary N) is 1. The lowest BCUT2D eigenvalue weighted by molar-refractivity contribution is -0.137. The lowest BCUT2D eigenvalue weighted by atomic mass is 10.1. The minimum Gasteiger partial charge on any atom is -0.384 e. The van der Waals surface area contributed by atoms with Gasteiger partial charge in [-0.15, -0.1) is 5.10 Å². The number of alkyl halides is 3. The van der Waals surface area contributed by atoms with E-state index < -0.39 is 21.8 Å². The van der Waals surface area contributed by atoms with E-state index in [1.165, 1.54) is 19.9 Å². The number of sulfonamides is 1. The maximum Gasteiger partial charge on any atom is 0.417 e. The van der Waals surface area contributed by atoms with E-state index in [0.717, 1.165) is 18.5 Å². The first-order chi connectivity index (χ1) is 18.3. The molecule has 0 bridgehead atoms. The second kappa shape index (κ2) is 9.91. The summed E-state index contributed by atoms with van der Waals surface area (Å²) in [5.41, 5.74) is 4.85. The van der Waals surface area contributed by atoms with Crippen LogP contribution >= 0.6 is 0 Å². The van der Waals surface area contributed by atoms with Gasteiger partial charge in [0, 0.05) is 45.1 Å². The zero-order valence-electron chi connectivity index (χ0n) is 21.2. The normalized spacial score (nSPS) is 19.6. The molecule has 0 saturated carbocycles. The largest absolute Gasteiger partial charge is 0.417 e. The van der Waals surface area contributed by atoms with Gasteiger partial charge in [-0.05, 0) is 19.1 Å². The first-order valence-electron chi connectivity index (χ1n) is 12.1. The number of fused-ring (bicyclic) bond motifs is 1. The first-order valence-corrected chi connectivity index (χ1v) is 14.0. The van der Waals surface area contributed by atoms with E-state index in [1.807, 2.05) is 11.8 Å². The first kappa shape index (κ1) is 27.1. The van der Waals surface area contributed by atoms with E-state index in [-0.39, 0.29) is 60.9 Å². The van der Waals surface area contributed by atoms with Crippen LogP contribution in [0.2, 0.25) is 0 Å². The number of amides is 1. The van der Waals surface area contributed by atoms with Gasteiger partial charge in [-0.2, -0.15) is 17.5 Å². The topological polar surface area (TPSA) is 139 Å². The number of hydrogen-bond donors (Lipinski definition) is 1. The number of halogens is 3. The van der Waals surface area contributed by atoms with Crippen molar-refractivity contribution in [3.8, 4) is 11.4 Å². The number of carbonyl (C=O) groups excluding carboxylic acids is 1. The summed E-state index contributed by atoms with van der Waals surface area (Å²) in [5, 5.41) is 4.33. The fourth-order valence-corrected chi connectivity index (χ4v) is 5.58. The molecule has 5 heterocycles. The number of nitrogen functional groups attached to an aromatic ring is 1. The van der Waals surface area contributed by atoms with Crippen LogP contribution in [-0.4, -0.2) is 101 Å². The number of nitrogens with zero attached hydrogens (tertiary/aromatic N) is 7. The third kappa shape index (κ3) is 5.35. The fraction of sp³-hybridized carbons (Fsp3) is 0.478. The molecule has 1 amide bonds. The zero-order valence-corrected chi connectivity index (χ0v) is 22.0. The number of anilines is 2. The van der Waals surface area contributed by atoms with Crippen LogP contribution in [0.15, 0.2) is 24.5 Å². The molecule has 1 atom stereocenters. The number of carbonyl (C=O) groups is 1. The van der Waals surface area contributed by atoms with Crippen molar-refractivity contribution in [3.63, 3.8) is 0 Å². The van der Waals surface area contributed by atoms with E-state index in [1.54, 1.807) is 6.07 Å². The van der Waals surface area contributed by atoms with Crippen LogP contribution in [0.25, 0.3) is 16.9 Å². The Bertz CT molecular complexity index is 1520. The molecule has 16 heteroatoms. The molecule has 210 valence electrons. The van der Waals surface area contributed by atoms with Gasteiger partial charge in [-0.25, -0.2) is 22.9 Å². The van der Waals surface area contributed by atoms with Gasteiger partial charge in [0.05, 0.1) is 42.2 Å². The van der Waals surface area contributed by atoms with Gasteiger partial charge >= 0.3 is 6.18 Å². The summed E-state index contributed by atoms with van der Waals surface area (Å²) in [4.78, 5) is 25.1. The standard InChI is InChI=1S/C23H27F3N8O4S/c1-14-13-38-8-7-33(14)21-18-9-15(22(35)31-3-5-32(6-4-31)39(2,36)37)12-34(18)30-20(29-21)16-11-28-19(27)10-17(16)23(24,25)26/h9-12,14H,3-8,13H2,1-2H3,(H2,27,28). The van der Waals surface area contributed by atoms with Crippen molar-refractivity contribution in [2.75, 3.05) is 62.8 Å². The number of hydrogen-bond acceptors (Lipinski definition) is 9. The Morgan fingerprint density at radius 2 is 1.87 bits per heavy atom. The number of morpholine rings is 1. The molecule has 1 unspecified atom stereocenters. The Morgan fingerprint density at radius 1 is 1.15 bits per heavy atom. The summed E-state index contributed by atoms with van der Waals surface area (Å²) < 4.78 is 73.5. The van der Waals surface area contributed by atoms with Crippen LogP contribution in [0.1, 0.15) is 22.8 Å². The molecule has 5 rings (SSSR count). The van der Waals surface area contributed by atoms with Crippen molar-refractivity contribution in [2.45, 2.75) is 19.1 Å². The number of aromatic nitrogens is 4. The van der Waals surface area contributed by atoms with E-state index >= 15 is 0 Å². The minimum absolute atomic E-state index is 0.143. The van der Waals surface area contributed by atoms with Crippen LogP contribution in [0, 0.1) is 0 Å². The van der Waals surface area contributed by atoms with Crippen molar-refractivity contribution >= 4 is 33.1 Å². The third-order valence-corrected chi connectivity index (χ3v) is 8.10. The SMILES string of the molecule is CC1COCCN1c1nc(-c2cnc(N)cc2C(F)(F)F)nn2cc(C(=O)N3CCN(S(C)(=O)=O)CC3)cc12. The molecule has 2 aliphatic rings. The highest BCUT2D eigenvalue weighted by Crippen LogP contribution is 2.37. The highest BCUT2D eigenvalue weighted by atomic mass is 32.2. The van der Waals surface area contributed by atoms with Crippen LogP contribution in [0.4, 0.5) is 24.8 Å². The molecule has 0 spiro atoms. The molecule has 2 saturated heterocycles. The summed E-state index contributed by atoms with van der Waals surface area (Å²) in [6, 6.07) is 2.19. The van der Waals surface area contributed by atoms with E-state index in [4.69, 9.17) is 10.5 Å². The summed E-state index contributed by atoms with van der Waals surface area (Å²) in [5.74, 6) is -0.519. The fourth-order valence-electron chi connectivity index (χ4n) is 4.76. The van der Waals surface area contributed by atoms with E-state index in [9.17, 15) is 26.4 Å². The third-order valence-electron chi connectivity index (χ3n) is 6.80. The minimum atomic E-state index is -4.73. The molecule has 2 aliphatic heterocycles. The molecule has 12 nitrogen and oxygen atoms in total. The maximum atomic E-state index is 13.9. The Balaban J connectivity index is 1.59. The Morgan fingerprint density at radius 3 is 2.51 bits per heavy atom. The molecule has 3 aromatic rings. The van der Waals surface area contributed by atoms with Crippen LogP contribution in [0.5, 0.6) is 0 Å². The molecule has 2 N–H and O–H groups in total. The van der Waals surface area contributed by atoms with Gasteiger partial charge in [0.1, 0.15) is 11.3 Å². The quantitative estimate of drug-likeness (QED) is 0.494. The zero-order chi connectivity index (χ0) is 28.1. The lowest BCUT2D eigenvalue weighted by Crippen LogP contribution is -2.50. The maximum absolute atomic E-state index is 13.9. The molecule has 3 aromatic heterocycles. The monoisotopic (exact) mass is 568 g/mol. The van der Waals surface area contributed by atoms with Gasteiger partial charge in [0.2, 0.25) is 10.0 Å². The van der Waals surface area contributed by atoms with Gasteiger partial charge in [0.25, 0.3) is 5.91 Å². The predicted octanol–water partition coefficient (Wildman–Crippen LogP) is 1.33. The second-order valence-corrected chi connectivity index (χ2v) is 11.5. The Kier molecular flexibility index (Phi) is 6.88. The summed E-state index contributed by atoms with van der Waals surface area (Å²) in [6.07, 6.45) is -1.18. The molecule has 0 radical (unpaired) electrons. The number of piperazine rings is 1. The van der Waals surface area contributed by atoms with Crippen molar-refractivity contribution in [1.82, 2.24) is 28.8 Å². The Labute approximate surface area is 222 Å². The van der Waals surface area contributed by atoms with Gasteiger partial charge in [-0.3, -0.25) is 4.79 Å². The smallest absolute Gasteiger partial charge is 0.384 e. The molecule has 39 heavy (non-hydrogen) atoms. The summed E-state index contributed by atoms with van der Waals surface area (Å²) in [6.45, 7) is 3.86. The van der Waals surface area contributed by atoms with Crippen LogP contribution < -0.4 is 10.6 Å². The summed E-state index contributed by atoms with van der Waals surface area (Å²) in [7, 11) is -3.37. The van der Waals surface area contributed by atoms with Crippen molar-refractivity contribution < 1.29 is 31.1 Å². The van der Waals surface area contributed by atoms with Crippen LogP contribution in [0.3, 0.4) is 0 Å². The average Bonchev–Trinajstić information content (AvgIpc) is 3.31. The van der Waals surface area contributed by atoms with E-state index in [0.29, 0.717) is 31.1 Å². The molecule has 2 fully saturated rings. The predicted molar refractivity (Wildman–Crippen MR) is 136 cm³/mol. The molecule has 0 aromatic carbocycles. The number of ether oxygens (including phenoxy) is 1. The second-order valence-electron chi connectivity index (χ2n) is 9.54. The number of rotatable bonds is 4. The van der Waals surface area contributed by atoms with Crippen LogP contribution in [-0.2, 0) is 20.9 Å². The molecule has 0 aliphatic carbocycles. The highest BCUT2D eigenvalue weighted by molar-refractivity contribution is 7.88. The van der Waals surface area contributed by atoms with Gasteiger partial charge < -0.3 is 20.3 Å². The number of pyridine rings is 1. The summed E-state index contributed by atoms with van der Waals surface area (Å²) >= 11 is 0. The molecular weight excluding hydrogens is 541 g/mol. The van der Waals surface area contributed by atoms with Gasteiger partial charge in [0.15, 0.2) is 11.6 Å². The lowest BCUT2D eigenvalue weighted by Gasteiger charge is -2.34. The highest BCUT2D eigenvalue weighted by Gasteiger charge is 2.36. The average molecular weight is 569 g/mol. The van der Waals surface area contributed by atoms with E-state index in [2.05, 4.69) is 15.1 Å². The van der Waals surface area contributed by atoms with Crippen molar-refractivity contribution in [2.24, 2.45) is 0 Å². The van der Waals surface area contributed by atoms with Gasteiger partial charge in [-0.1, -0.05) is 0 Å². The van der Waals surface area contributed by atoms with Crippen molar-refractivity contribution in [3.05, 3.63) is 35.7 Å². The van der Waals surface area contributed by atoms with Crippen molar-refractivity contribution in [1.29, 1.82) is 0 Å². The molecular formula is C23H27F3N8O4S.